The van der Waals surface area contributed by atoms with Gasteiger partial charge in [-0.05, 0) is 36.6 Å². The van der Waals surface area contributed by atoms with Crippen LogP contribution in [0.4, 0.5) is 5.69 Å². The molecule has 1 amide bonds. The standard InChI is InChI=1S/C13H19N3O/c14-5-1-2-6-16-12-4-3-10(9-15)7-11(12)8-13(16)17/h3-4,7H,1-2,5-6,8-9,14-15H2. The molecule has 0 saturated carbocycles. The van der Waals surface area contributed by atoms with Crippen molar-refractivity contribution >= 4 is 11.6 Å². The number of amides is 1. The van der Waals surface area contributed by atoms with Gasteiger partial charge in [-0.2, -0.15) is 0 Å². The highest BCUT2D eigenvalue weighted by atomic mass is 16.2. The third-order valence-corrected chi connectivity index (χ3v) is 3.15. The summed E-state index contributed by atoms with van der Waals surface area (Å²) in [6.07, 6.45) is 2.42. The fourth-order valence-corrected chi connectivity index (χ4v) is 2.22. The summed E-state index contributed by atoms with van der Waals surface area (Å²) in [5.74, 6) is 0.186. The monoisotopic (exact) mass is 233 g/mol. The number of anilines is 1. The highest BCUT2D eigenvalue weighted by molar-refractivity contribution is 6.01. The van der Waals surface area contributed by atoms with Crippen LogP contribution in [0.1, 0.15) is 24.0 Å². The average molecular weight is 233 g/mol. The first-order chi connectivity index (χ1) is 8.26. The van der Waals surface area contributed by atoms with E-state index in [0.29, 0.717) is 19.5 Å². The highest BCUT2D eigenvalue weighted by Crippen LogP contribution is 2.29. The van der Waals surface area contributed by atoms with Crippen LogP contribution in [0.15, 0.2) is 18.2 Å². The summed E-state index contributed by atoms with van der Waals surface area (Å²) in [4.78, 5) is 13.8. The van der Waals surface area contributed by atoms with Crippen molar-refractivity contribution in [2.75, 3.05) is 18.0 Å². The van der Waals surface area contributed by atoms with Gasteiger partial charge >= 0.3 is 0 Å². The molecular weight excluding hydrogens is 214 g/mol. The first-order valence-electron chi connectivity index (χ1n) is 6.08. The third kappa shape index (κ3) is 2.48. The van der Waals surface area contributed by atoms with Gasteiger partial charge in [0.05, 0.1) is 6.42 Å². The maximum atomic E-state index is 11.9. The number of unbranched alkanes of at least 4 members (excludes halogenated alkanes) is 1. The molecule has 0 saturated heterocycles. The van der Waals surface area contributed by atoms with Crippen LogP contribution in [0.2, 0.25) is 0 Å². The van der Waals surface area contributed by atoms with Gasteiger partial charge in [-0.15, -0.1) is 0 Å². The minimum atomic E-state index is 0.186. The lowest BCUT2D eigenvalue weighted by atomic mass is 10.1. The predicted molar refractivity (Wildman–Crippen MR) is 68.7 cm³/mol. The van der Waals surface area contributed by atoms with Crippen molar-refractivity contribution in [1.82, 2.24) is 0 Å². The quantitative estimate of drug-likeness (QED) is 0.738. The van der Waals surface area contributed by atoms with E-state index in [9.17, 15) is 4.79 Å². The summed E-state index contributed by atoms with van der Waals surface area (Å²) >= 11 is 0. The van der Waals surface area contributed by atoms with Crippen LogP contribution >= 0.6 is 0 Å². The molecule has 17 heavy (non-hydrogen) atoms. The van der Waals surface area contributed by atoms with E-state index in [0.717, 1.165) is 36.2 Å². The van der Waals surface area contributed by atoms with Crippen molar-refractivity contribution in [3.63, 3.8) is 0 Å². The smallest absolute Gasteiger partial charge is 0.231 e. The number of rotatable bonds is 5. The van der Waals surface area contributed by atoms with Crippen LogP contribution in [-0.4, -0.2) is 19.0 Å². The topological polar surface area (TPSA) is 72.3 Å². The summed E-state index contributed by atoms with van der Waals surface area (Å²) in [6, 6.07) is 6.04. The normalized spacial score (nSPS) is 14.2. The van der Waals surface area contributed by atoms with Gasteiger partial charge in [0.15, 0.2) is 0 Å². The van der Waals surface area contributed by atoms with E-state index in [1.165, 1.54) is 0 Å². The van der Waals surface area contributed by atoms with E-state index < -0.39 is 0 Å². The van der Waals surface area contributed by atoms with E-state index in [1.807, 2.05) is 23.1 Å². The van der Waals surface area contributed by atoms with E-state index in [4.69, 9.17) is 11.5 Å². The molecule has 0 bridgehead atoms. The number of benzene rings is 1. The molecule has 0 fully saturated rings. The molecule has 0 atom stereocenters. The third-order valence-electron chi connectivity index (χ3n) is 3.15. The van der Waals surface area contributed by atoms with Crippen molar-refractivity contribution in [2.45, 2.75) is 25.8 Å². The lowest BCUT2D eigenvalue weighted by Gasteiger charge is -2.17. The molecule has 92 valence electrons. The Morgan fingerprint density at radius 3 is 2.76 bits per heavy atom. The van der Waals surface area contributed by atoms with Gasteiger partial charge in [0, 0.05) is 18.8 Å². The maximum Gasteiger partial charge on any atom is 0.231 e. The summed E-state index contributed by atoms with van der Waals surface area (Å²) in [6.45, 7) is 1.97. The zero-order valence-corrected chi connectivity index (χ0v) is 9.98. The molecule has 0 spiro atoms. The predicted octanol–water partition coefficient (Wildman–Crippen LogP) is 0.773. The second kappa shape index (κ2) is 5.29. The summed E-state index contributed by atoms with van der Waals surface area (Å²) in [5.41, 5.74) is 14.3. The second-order valence-corrected chi connectivity index (χ2v) is 4.39. The Labute approximate surface area is 102 Å². The Morgan fingerprint density at radius 1 is 1.24 bits per heavy atom. The molecule has 1 aromatic rings. The van der Waals surface area contributed by atoms with Gasteiger partial charge < -0.3 is 16.4 Å². The zero-order chi connectivity index (χ0) is 12.3. The van der Waals surface area contributed by atoms with Crippen LogP contribution in [0, 0.1) is 0 Å². The number of carbonyl (C=O) groups excluding carboxylic acids is 1. The molecule has 0 unspecified atom stereocenters. The lowest BCUT2D eigenvalue weighted by molar-refractivity contribution is -0.117. The Kier molecular flexibility index (Phi) is 3.76. The van der Waals surface area contributed by atoms with Crippen LogP contribution < -0.4 is 16.4 Å². The van der Waals surface area contributed by atoms with Gasteiger partial charge in [0.25, 0.3) is 0 Å². The molecule has 1 aliphatic rings. The highest BCUT2D eigenvalue weighted by Gasteiger charge is 2.26. The molecular formula is C13H19N3O. The van der Waals surface area contributed by atoms with Crippen molar-refractivity contribution in [3.05, 3.63) is 29.3 Å². The second-order valence-electron chi connectivity index (χ2n) is 4.39. The molecule has 0 aromatic heterocycles. The van der Waals surface area contributed by atoms with E-state index in [-0.39, 0.29) is 5.91 Å². The summed E-state index contributed by atoms with van der Waals surface area (Å²) in [5, 5.41) is 0. The van der Waals surface area contributed by atoms with E-state index in [2.05, 4.69) is 0 Å². The van der Waals surface area contributed by atoms with Crippen molar-refractivity contribution in [1.29, 1.82) is 0 Å². The number of carbonyl (C=O) groups is 1. The van der Waals surface area contributed by atoms with Gasteiger partial charge in [0.2, 0.25) is 5.91 Å². The van der Waals surface area contributed by atoms with E-state index in [1.54, 1.807) is 0 Å². The molecule has 1 aromatic carbocycles. The van der Waals surface area contributed by atoms with Gasteiger partial charge in [-0.3, -0.25) is 4.79 Å². The molecule has 2 rings (SSSR count). The molecule has 1 aliphatic heterocycles. The summed E-state index contributed by atoms with van der Waals surface area (Å²) in [7, 11) is 0. The van der Waals surface area contributed by atoms with Crippen molar-refractivity contribution < 1.29 is 4.79 Å². The number of fused-ring (bicyclic) bond motifs is 1. The Balaban J connectivity index is 2.13. The van der Waals surface area contributed by atoms with Gasteiger partial charge in [0.1, 0.15) is 0 Å². The fraction of sp³-hybridized carbons (Fsp3) is 0.462. The SMILES string of the molecule is NCCCCN1C(=O)Cc2cc(CN)ccc21. The molecule has 0 aliphatic carbocycles. The van der Waals surface area contributed by atoms with Crippen LogP contribution in [0.25, 0.3) is 0 Å². The zero-order valence-electron chi connectivity index (χ0n) is 9.98. The molecule has 4 N–H and O–H groups in total. The molecule has 4 heteroatoms. The van der Waals surface area contributed by atoms with Crippen molar-refractivity contribution in [2.24, 2.45) is 11.5 Å². The number of hydrogen-bond donors (Lipinski definition) is 2. The molecule has 1 heterocycles. The van der Waals surface area contributed by atoms with Crippen molar-refractivity contribution in [3.8, 4) is 0 Å². The van der Waals surface area contributed by atoms with Crippen LogP contribution in [-0.2, 0) is 17.8 Å². The largest absolute Gasteiger partial charge is 0.330 e. The van der Waals surface area contributed by atoms with Crippen LogP contribution in [0.3, 0.4) is 0 Å². The number of nitrogens with two attached hydrogens (primary N) is 2. The average Bonchev–Trinajstić information content (AvgIpc) is 2.65. The maximum absolute atomic E-state index is 11.9. The number of nitrogens with zero attached hydrogens (tertiary/aromatic N) is 1. The van der Waals surface area contributed by atoms with Crippen LogP contribution in [0.5, 0.6) is 0 Å². The van der Waals surface area contributed by atoms with Gasteiger partial charge in [-0.1, -0.05) is 12.1 Å². The molecule has 4 nitrogen and oxygen atoms in total. The van der Waals surface area contributed by atoms with Gasteiger partial charge in [-0.25, -0.2) is 0 Å². The first-order valence-corrected chi connectivity index (χ1v) is 6.08. The Bertz CT molecular complexity index is 417. The Hall–Kier alpha value is -1.39. The first kappa shape index (κ1) is 12.1. The number of hydrogen-bond acceptors (Lipinski definition) is 3. The fourth-order valence-electron chi connectivity index (χ4n) is 2.22. The Morgan fingerprint density at radius 2 is 2.06 bits per heavy atom. The minimum Gasteiger partial charge on any atom is -0.330 e. The summed E-state index contributed by atoms with van der Waals surface area (Å²) < 4.78 is 0. The lowest BCUT2D eigenvalue weighted by Crippen LogP contribution is -2.28. The molecule has 0 radical (unpaired) electrons. The minimum absolute atomic E-state index is 0.186. The van der Waals surface area contributed by atoms with E-state index >= 15 is 0 Å².